The van der Waals surface area contributed by atoms with Gasteiger partial charge in [-0.1, -0.05) is 0 Å². The van der Waals surface area contributed by atoms with Crippen LogP contribution in [0.15, 0.2) is 24.3 Å². The summed E-state index contributed by atoms with van der Waals surface area (Å²) in [5.41, 5.74) is 2.87. The third kappa shape index (κ3) is 2.97. The van der Waals surface area contributed by atoms with Crippen LogP contribution in [-0.4, -0.2) is 49.1 Å². The van der Waals surface area contributed by atoms with E-state index in [1.807, 2.05) is 36.1 Å². The first kappa shape index (κ1) is 16.3. The van der Waals surface area contributed by atoms with Crippen molar-refractivity contribution in [2.45, 2.75) is 26.2 Å². The zero-order valence-corrected chi connectivity index (χ0v) is 15.0. The maximum absolute atomic E-state index is 13.2. The summed E-state index contributed by atoms with van der Waals surface area (Å²) in [7, 11) is 1.64. The molecule has 5 nitrogen and oxygen atoms in total. The number of nitrogens with zero attached hydrogens (tertiary/aromatic N) is 2. The number of benzene rings is 1. The van der Waals surface area contributed by atoms with Crippen molar-refractivity contribution in [1.82, 2.24) is 15.2 Å². The minimum atomic E-state index is 0.115. The molecule has 0 radical (unpaired) electrons. The average Bonchev–Trinajstić information content (AvgIpc) is 3.08. The highest BCUT2D eigenvalue weighted by atomic mass is 16.5. The fraction of sp³-hybridized carbons (Fsp3) is 0.500. The average molecular weight is 339 g/mol. The summed E-state index contributed by atoms with van der Waals surface area (Å²) in [6.45, 7) is 5.84. The summed E-state index contributed by atoms with van der Waals surface area (Å²) in [6.07, 6.45) is 3.43. The van der Waals surface area contributed by atoms with E-state index in [0.29, 0.717) is 5.41 Å². The highest BCUT2D eigenvalue weighted by Gasteiger charge is 2.38. The molecule has 2 aliphatic heterocycles. The van der Waals surface area contributed by atoms with E-state index in [0.717, 1.165) is 66.9 Å². The largest absolute Gasteiger partial charge is 0.497 e. The van der Waals surface area contributed by atoms with Crippen molar-refractivity contribution in [3.8, 4) is 5.75 Å². The van der Waals surface area contributed by atoms with Crippen LogP contribution in [0.25, 0.3) is 10.9 Å². The maximum Gasteiger partial charge on any atom is 0.254 e. The Morgan fingerprint density at radius 1 is 1.24 bits per heavy atom. The molecule has 1 amide bonds. The molecule has 2 fully saturated rings. The lowest BCUT2D eigenvalue weighted by Crippen LogP contribution is -2.44. The van der Waals surface area contributed by atoms with Crippen LogP contribution in [0.2, 0.25) is 0 Å². The summed E-state index contributed by atoms with van der Waals surface area (Å²) in [5.74, 6) is 0.867. The smallest absolute Gasteiger partial charge is 0.254 e. The van der Waals surface area contributed by atoms with Gasteiger partial charge in [0.1, 0.15) is 5.75 Å². The van der Waals surface area contributed by atoms with Gasteiger partial charge in [-0.25, -0.2) is 0 Å². The first-order chi connectivity index (χ1) is 12.1. The standard InChI is InChI=1S/C20H25N3O2/c1-14-11-17(16-12-15(25-2)3-4-18(16)22-14)19(24)23-9-6-20(7-10-23)5-8-21-13-20/h3-4,11-12,21H,5-10,13H2,1-2H3. The first-order valence-corrected chi connectivity index (χ1v) is 9.06. The van der Waals surface area contributed by atoms with Crippen molar-refractivity contribution in [3.63, 3.8) is 0 Å². The number of hydrogen-bond donors (Lipinski definition) is 1. The highest BCUT2D eigenvalue weighted by Crippen LogP contribution is 2.37. The van der Waals surface area contributed by atoms with Gasteiger partial charge in [-0.05, 0) is 62.4 Å². The van der Waals surface area contributed by atoms with Gasteiger partial charge in [0.2, 0.25) is 0 Å². The molecule has 2 aliphatic rings. The monoisotopic (exact) mass is 339 g/mol. The number of likely N-dealkylation sites (tertiary alicyclic amines) is 1. The Morgan fingerprint density at radius 3 is 2.72 bits per heavy atom. The number of rotatable bonds is 2. The molecule has 5 heteroatoms. The SMILES string of the molecule is COc1ccc2nc(C)cc(C(=O)N3CCC4(CCNC4)CC3)c2c1. The first-order valence-electron chi connectivity index (χ1n) is 9.06. The van der Waals surface area contributed by atoms with E-state index in [-0.39, 0.29) is 5.91 Å². The van der Waals surface area contributed by atoms with Crippen molar-refractivity contribution >= 4 is 16.8 Å². The molecule has 1 spiro atoms. The molecular weight excluding hydrogens is 314 g/mol. The van der Waals surface area contributed by atoms with Gasteiger partial charge in [0.05, 0.1) is 18.2 Å². The van der Waals surface area contributed by atoms with Gasteiger partial charge in [0, 0.05) is 30.7 Å². The van der Waals surface area contributed by atoms with E-state index in [1.54, 1.807) is 7.11 Å². The van der Waals surface area contributed by atoms with Crippen LogP contribution in [0.1, 0.15) is 35.3 Å². The molecule has 132 valence electrons. The fourth-order valence-electron chi connectivity index (χ4n) is 4.22. The van der Waals surface area contributed by atoms with Crippen LogP contribution < -0.4 is 10.1 Å². The number of methoxy groups -OCH3 is 1. The second-order valence-corrected chi connectivity index (χ2v) is 7.41. The summed E-state index contributed by atoms with van der Waals surface area (Å²) >= 11 is 0. The number of fused-ring (bicyclic) bond motifs is 1. The van der Waals surface area contributed by atoms with Crippen molar-refractivity contribution < 1.29 is 9.53 Å². The third-order valence-electron chi connectivity index (χ3n) is 5.82. The summed E-state index contributed by atoms with van der Waals surface area (Å²) in [4.78, 5) is 19.8. The molecule has 0 aliphatic carbocycles. The molecule has 0 unspecified atom stereocenters. The second-order valence-electron chi connectivity index (χ2n) is 7.41. The zero-order chi connectivity index (χ0) is 17.4. The number of ether oxygens (including phenoxy) is 1. The highest BCUT2D eigenvalue weighted by molar-refractivity contribution is 6.06. The van der Waals surface area contributed by atoms with Gasteiger partial charge < -0.3 is 15.0 Å². The van der Waals surface area contributed by atoms with Crippen molar-refractivity contribution in [2.24, 2.45) is 5.41 Å². The Labute approximate surface area is 148 Å². The minimum Gasteiger partial charge on any atom is -0.497 e. The fourth-order valence-corrected chi connectivity index (χ4v) is 4.22. The predicted octanol–water partition coefficient (Wildman–Crippen LogP) is 2.77. The van der Waals surface area contributed by atoms with Crippen LogP contribution >= 0.6 is 0 Å². The van der Waals surface area contributed by atoms with E-state index in [2.05, 4.69) is 10.3 Å². The van der Waals surface area contributed by atoms with Gasteiger partial charge >= 0.3 is 0 Å². The molecule has 1 aromatic heterocycles. The molecule has 2 saturated heterocycles. The molecule has 1 N–H and O–H groups in total. The van der Waals surface area contributed by atoms with Gasteiger partial charge in [-0.3, -0.25) is 9.78 Å². The topological polar surface area (TPSA) is 54.5 Å². The number of aryl methyl sites for hydroxylation is 1. The van der Waals surface area contributed by atoms with Gasteiger partial charge in [-0.2, -0.15) is 0 Å². The third-order valence-corrected chi connectivity index (χ3v) is 5.82. The van der Waals surface area contributed by atoms with Crippen LogP contribution in [-0.2, 0) is 0 Å². The quantitative estimate of drug-likeness (QED) is 0.914. The van der Waals surface area contributed by atoms with Crippen LogP contribution in [0, 0.1) is 12.3 Å². The van der Waals surface area contributed by atoms with Crippen molar-refractivity contribution in [1.29, 1.82) is 0 Å². The summed E-state index contributed by atoms with van der Waals surface area (Å²) < 4.78 is 5.34. The Hall–Kier alpha value is -2.14. The summed E-state index contributed by atoms with van der Waals surface area (Å²) in [6, 6.07) is 7.64. The van der Waals surface area contributed by atoms with Crippen LogP contribution in [0.3, 0.4) is 0 Å². The predicted molar refractivity (Wildman–Crippen MR) is 98.1 cm³/mol. The summed E-state index contributed by atoms with van der Waals surface area (Å²) in [5, 5.41) is 4.35. The number of carbonyl (C=O) groups excluding carboxylic acids is 1. The molecule has 3 heterocycles. The Morgan fingerprint density at radius 2 is 2.04 bits per heavy atom. The lowest BCUT2D eigenvalue weighted by molar-refractivity contribution is 0.0609. The van der Waals surface area contributed by atoms with E-state index < -0.39 is 0 Å². The van der Waals surface area contributed by atoms with Gasteiger partial charge in [0.25, 0.3) is 5.91 Å². The van der Waals surface area contributed by atoms with E-state index >= 15 is 0 Å². The Kier molecular flexibility index (Phi) is 4.12. The van der Waals surface area contributed by atoms with Crippen LogP contribution in [0.4, 0.5) is 0 Å². The Bertz CT molecular complexity index is 802. The number of carbonyl (C=O) groups is 1. The molecule has 0 bridgehead atoms. The van der Waals surface area contributed by atoms with Gasteiger partial charge in [0.15, 0.2) is 0 Å². The molecule has 2 aromatic rings. The van der Waals surface area contributed by atoms with Gasteiger partial charge in [-0.15, -0.1) is 0 Å². The normalized spacial score (nSPS) is 19.5. The van der Waals surface area contributed by atoms with Crippen molar-refractivity contribution in [2.75, 3.05) is 33.3 Å². The zero-order valence-electron chi connectivity index (χ0n) is 15.0. The molecule has 0 saturated carbocycles. The van der Waals surface area contributed by atoms with E-state index in [9.17, 15) is 4.79 Å². The molecular formula is C20H25N3O2. The van der Waals surface area contributed by atoms with Crippen LogP contribution in [0.5, 0.6) is 5.75 Å². The molecule has 25 heavy (non-hydrogen) atoms. The number of amides is 1. The lowest BCUT2D eigenvalue weighted by atomic mass is 9.77. The number of pyridine rings is 1. The second kappa shape index (κ2) is 6.30. The number of aromatic nitrogens is 1. The maximum atomic E-state index is 13.2. The minimum absolute atomic E-state index is 0.115. The number of piperidine rings is 1. The van der Waals surface area contributed by atoms with E-state index in [4.69, 9.17) is 4.74 Å². The lowest BCUT2D eigenvalue weighted by Gasteiger charge is -2.39. The Balaban J connectivity index is 1.63. The van der Waals surface area contributed by atoms with E-state index in [1.165, 1.54) is 6.42 Å². The molecule has 1 aromatic carbocycles. The molecule has 0 atom stereocenters. The number of hydrogen-bond acceptors (Lipinski definition) is 4. The number of nitrogens with one attached hydrogen (secondary N) is 1. The van der Waals surface area contributed by atoms with Crippen molar-refractivity contribution in [3.05, 3.63) is 35.5 Å². The molecule has 4 rings (SSSR count).